The molecule has 0 amide bonds. The van der Waals surface area contributed by atoms with Crippen LogP contribution in [-0.2, 0) is 6.42 Å². The molecule has 0 nitrogen and oxygen atoms in total. The molecular formula is C31H36S. The lowest BCUT2D eigenvalue weighted by Crippen LogP contribution is -1.94. The highest BCUT2D eigenvalue weighted by molar-refractivity contribution is 7.98. The van der Waals surface area contributed by atoms with Gasteiger partial charge in [0.15, 0.2) is 0 Å². The van der Waals surface area contributed by atoms with Crippen molar-refractivity contribution in [1.29, 1.82) is 0 Å². The van der Waals surface area contributed by atoms with Crippen molar-refractivity contribution in [3.05, 3.63) is 84.4 Å². The highest BCUT2D eigenvalue weighted by Crippen LogP contribution is 2.39. The van der Waals surface area contributed by atoms with Gasteiger partial charge < -0.3 is 0 Å². The van der Waals surface area contributed by atoms with Crippen molar-refractivity contribution < 1.29 is 0 Å². The van der Waals surface area contributed by atoms with E-state index in [1.807, 2.05) is 11.8 Å². The van der Waals surface area contributed by atoms with E-state index in [-0.39, 0.29) is 0 Å². The summed E-state index contributed by atoms with van der Waals surface area (Å²) >= 11 is 1.98. The van der Waals surface area contributed by atoms with Gasteiger partial charge in [-0.25, -0.2) is 0 Å². The molecule has 0 radical (unpaired) electrons. The van der Waals surface area contributed by atoms with E-state index in [1.54, 1.807) is 0 Å². The molecule has 0 bridgehead atoms. The molecule has 0 aliphatic carbocycles. The Morgan fingerprint density at radius 1 is 0.500 bits per heavy atom. The van der Waals surface area contributed by atoms with Gasteiger partial charge in [-0.1, -0.05) is 117 Å². The molecule has 1 heteroatoms. The first kappa shape index (κ1) is 22.9. The number of aryl methyl sites for hydroxylation is 1. The lowest BCUT2D eigenvalue weighted by molar-refractivity contribution is 0.577. The van der Waals surface area contributed by atoms with Gasteiger partial charge in [0, 0.05) is 0 Å². The summed E-state index contributed by atoms with van der Waals surface area (Å²) in [6, 6.07) is 28.9. The standard InChI is InChI=1S/C31H36S/c1-32-24-16-7-5-3-2-4-6-11-19-26-27-20-12-14-22-29(27)31(25-17-9-8-10-18-25)30-23-15-13-21-28(26)30/h8-10,12-15,17-18,20-23H,2-7,11,16,19,24H2,1H3. The normalized spacial score (nSPS) is 11.4. The Bertz CT molecular complexity index is 1060. The predicted molar refractivity (Wildman–Crippen MR) is 146 cm³/mol. The number of unbranched alkanes of at least 4 members (excludes halogenated alkanes) is 7. The molecule has 0 saturated heterocycles. The topological polar surface area (TPSA) is 0 Å². The van der Waals surface area contributed by atoms with Crippen LogP contribution in [0.25, 0.3) is 32.7 Å². The molecule has 0 atom stereocenters. The van der Waals surface area contributed by atoms with Crippen LogP contribution in [0.5, 0.6) is 0 Å². The minimum atomic E-state index is 1.17. The molecule has 0 heterocycles. The molecule has 4 rings (SSSR count). The van der Waals surface area contributed by atoms with Gasteiger partial charge >= 0.3 is 0 Å². The molecule has 0 aromatic heterocycles. The minimum absolute atomic E-state index is 1.17. The van der Waals surface area contributed by atoms with Crippen LogP contribution in [0.15, 0.2) is 78.9 Å². The average Bonchev–Trinajstić information content (AvgIpc) is 2.85. The fraction of sp³-hybridized carbons (Fsp3) is 0.355. The molecule has 0 aliphatic heterocycles. The van der Waals surface area contributed by atoms with Crippen molar-refractivity contribution in [3.8, 4) is 11.1 Å². The predicted octanol–water partition coefficient (Wildman–Crippen LogP) is 9.69. The summed E-state index contributed by atoms with van der Waals surface area (Å²) in [7, 11) is 0. The summed E-state index contributed by atoms with van der Waals surface area (Å²) in [4.78, 5) is 0. The number of thioether (sulfide) groups is 1. The molecule has 0 spiro atoms. The average molecular weight is 441 g/mol. The monoisotopic (exact) mass is 440 g/mol. The smallest absolute Gasteiger partial charge is 0.00266 e. The molecule has 32 heavy (non-hydrogen) atoms. The van der Waals surface area contributed by atoms with E-state index in [1.165, 1.54) is 102 Å². The highest BCUT2D eigenvalue weighted by Gasteiger charge is 2.14. The van der Waals surface area contributed by atoms with E-state index >= 15 is 0 Å². The first-order valence-electron chi connectivity index (χ1n) is 12.4. The fourth-order valence-electron chi connectivity index (χ4n) is 5.01. The summed E-state index contributed by atoms with van der Waals surface area (Å²) in [6.45, 7) is 0. The Morgan fingerprint density at radius 3 is 1.53 bits per heavy atom. The third-order valence-corrected chi connectivity index (χ3v) is 7.33. The second kappa shape index (κ2) is 12.1. The van der Waals surface area contributed by atoms with E-state index in [9.17, 15) is 0 Å². The molecular weight excluding hydrogens is 404 g/mol. The zero-order valence-electron chi connectivity index (χ0n) is 19.5. The van der Waals surface area contributed by atoms with Crippen molar-refractivity contribution >= 4 is 33.3 Å². The van der Waals surface area contributed by atoms with Crippen LogP contribution in [0.2, 0.25) is 0 Å². The van der Waals surface area contributed by atoms with Crippen molar-refractivity contribution in [2.75, 3.05) is 12.0 Å². The largest absolute Gasteiger partial charge is 0.165 e. The van der Waals surface area contributed by atoms with Crippen molar-refractivity contribution in [1.82, 2.24) is 0 Å². The van der Waals surface area contributed by atoms with Gasteiger partial charge in [0.2, 0.25) is 0 Å². The van der Waals surface area contributed by atoms with Crippen LogP contribution < -0.4 is 0 Å². The number of rotatable bonds is 12. The lowest BCUT2D eigenvalue weighted by Gasteiger charge is -2.17. The fourth-order valence-corrected chi connectivity index (χ4v) is 5.51. The number of benzene rings is 4. The molecule has 0 saturated carbocycles. The maximum Gasteiger partial charge on any atom is -0.00266 e. The van der Waals surface area contributed by atoms with Crippen LogP contribution >= 0.6 is 11.8 Å². The van der Waals surface area contributed by atoms with Gasteiger partial charge in [-0.15, -0.1) is 0 Å². The summed E-state index contributed by atoms with van der Waals surface area (Å²) in [5.41, 5.74) is 4.22. The molecule has 0 aliphatic rings. The summed E-state index contributed by atoms with van der Waals surface area (Å²) < 4.78 is 0. The van der Waals surface area contributed by atoms with Crippen molar-refractivity contribution in [3.63, 3.8) is 0 Å². The third kappa shape index (κ3) is 5.56. The maximum atomic E-state index is 2.33. The molecule has 0 N–H and O–H groups in total. The van der Waals surface area contributed by atoms with E-state index in [2.05, 4.69) is 85.1 Å². The van der Waals surface area contributed by atoms with Gasteiger partial charge in [-0.05, 0) is 69.5 Å². The van der Waals surface area contributed by atoms with E-state index in [4.69, 9.17) is 0 Å². The molecule has 0 fully saturated rings. The first-order chi connectivity index (χ1) is 15.9. The zero-order valence-corrected chi connectivity index (χ0v) is 20.3. The SMILES string of the molecule is CSCCCCCCCCCCc1c2ccccc2c(-c2ccccc2)c2ccccc12. The Kier molecular flexibility index (Phi) is 8.68. The Morgan fingerprint density at radius 2 is 0.969 bits per heavy atom. The maximum absolute atomic E-state index is 2.33. The lowest BCUT2D eigenvalue weighted by atomic mass is 9.87. The zero-order chi connectivity index (χ0) is 22.0. The first-order valence-corrected chi connectivity index (χ1v) is 13.8. The van der Waals surface area contributed by atoms with Gasteiger partial charge in [0.25, 0.3) is 0 Å². The quantitative estimate of drug-likeness (QED) is 0.156. The van der Waals surface area contributed by atoms with Gasteiger partial charge in [-0.2, -0.15) is 11.8 Å². The van der Waals surface area contributed by atoms with E-state index in [0.717, 1.165) is 0 Å². The second-order valence-electron chi connectivity index (χ2n) is 8.88. The van der Waals surface area contributed by atoms with Crippen LogP contribution in [0.3, 0.4) is 0 Å². The Hall–Kier alpha value is -2.25. The Balaban J connectivity index is 1.50. The van der Waals surface area contributed by atoms with Crippen LogP contribution in [0.1, 0.15) is 56.9 Å². The summed E-state index contributed by atoms with van der Waals surface area (Å²) in [5, 5.41) is 5.63. The molecule has 166 valence electrons. The third-order valence-electron chi connectivity index (χ3n) is 6.63. The van der Waals surface area contributed by atoms with Crippen LogP contribution in [0, 0.1) is 0 Å². The minimum Gasteiger partial charge on any atom is -0.165 e. The molecule has 4 aromatic rings. The number of hydrogen-bond acceptors (Lipinski definition) is 1. The Labute approximate surface area is 198 Å². The second-order valence-corrected chi connectivity index (χ2v) is 9.87. The number of fused-ring (bicyclic) bond motifs is 2. The number of hydrogen-bond donors (Lipinski definition) is 0. The highest BCUT2D eigenvalue weighted by atomic mass is 32.2. The van der Waals surface area contributed by atoms with Gasteiger partial charge in [-0.3, -0.25) is 0 Å². The molecule has 0 unspecified atom stereocenters. The van der Waals surface area contributed by atoms with Crippen LogP contribution in [0.4, 0.5) is 0 Å². The summed E-state index contributed by atoms with van der Waals surface area (Å²) in [6.07, 6.45) is 14.4. The van der Waals surface area contributed by atoms with Crippen LogP contribution in [-0.4, -0.2) is 12.0 Å². The van der Waals surface area contributed by atoms with Gasteiger partial charge in [0.05, 0.1) is 0 Å². The van der Waals surface area contributed by atoms with E-state index < -0.39 is 0 Å². The van der Waals surface area contributed by atoms with Crippen molar-refractivity contribution in [2.45, 2.75) is 57.8 Å². The molecule has 4 aromatic carbocycles. The van der Waals surface area contributed by atoms with Gasteiger partial charge in [0.1, 0.15) is 0 Å². The van der Waals surface area contributed by atoms with E-state index in [0.29, 0.717) is 0 Å². The van der Waals surface area contributed by atoms with Crippen molar-refractivity contribution in [2.24, 2.45) is 0 Å². The summed E-state index contributed by atoms with van der Waals surface area (Å²) in [5.74, 6) is 1.32.